The molecular formula is C26H28ClN3O3S. The predicted molar refractivity (Wildman–Crippen MR) is 136 cm³/mol. The van der Waals surface area contributed by atoms with E-state index in [1.54, 1.807) is 60.7 Å². The van der Waals surface area contributed by atoms with Gasteiger partial charge in [0.1, 0.15) is 0 Å². The van der Waals surface area contributed by atoms with Crippen LogP contribution in [-0.2, 0) is 16.6 Å². The number of benzene rings is 3. The number of halogens is 1. The lowest BCUT2D eigenvalue weighted by molar-refractivity contribution is 0.0909. The number of piperidine rings is 1. The number of aryl methyl sites for hydroxylation is 1. The van der Waals surface area contributed by atoms with Crippen LogP contribution in [0.4, 0.5) is 5.69 Å². The Bertz CT molecular complexity index is 1240. The zero-order valence-electron chi connectivity index (χ0n) is 19.0. The van der Waals surface area contributed by atoms with E-state index in [0.29, 0.717) is 16.3 Å². The van der Waals surface area contributed by atoms with E-state index >= 15 is 0 Å². The first-order chi connectivity index (χ1) is 16.3. The summed E-state index contributed by atoms with van der Waals surface area (Å²) in [6.45, 7) is 4.45. The average Bonchev–Trinajstić information content (AvgIpc) is 2.82. The summed E-state index contributed by atoms with van der Waals surface area (Å²) >= 11 is 5.98. The molecule has 1 saturated heterocycles. The van der Waals surface area contributed by atoms with Crippen LogP contribution >= 0.6 is 11.6 Å². The van der Waals surface area contributed by atoms with Crippen LogP contribution in [0.2, 0.25) is 5.02 Å². The van der Waals surface area contributed by atoms with Crippen molar-refractivity contribution in [2.45, 2.75) is 37.2 Å². The third kappa shape index (κ3) is 6.38. The lowest BCUT2D eigenvalue weighted by Gasteiger charge is -2.32. The minimum atomic E-state index is -3.61. The Morgan fingerprint density at radius 3 is 2.32 bits per heavy atom. The van der Waals surface area contributed by atoms with Crippen molar-refractivity contribution in [1.82, 2.24) is 10.2 Å². The van der Waals surface area contributed by atoms with Gasteiger partial charge in [-0.2, -0.15) is 0 Å². The second-order valence-corrected chi connectivity index (χ2v) is 10.8. The number of rotatable bonds is 7. The van der Waals surface area contributed by atoms with Gasteiger partial charge in [-0.25, -0.2) is 8.42 Å². The molecular weight excluding hydrogens is 470 g/mol. The van der Waals surface area contributed by atoms with Crippen LogP contribution in [0.3, 0.4) is 0 Å². The molecule has 0 atom stereocenters. The van der Waals surface area contributed by atoms with Crippen LogP contribution in [0.1, 0.15) is 34.3 Å². The third-order valence-corrected chi connectivity index (χ3v) is 7.59. The topological polar surface area (TPSA) is 78.5 Å². The van der Waals surface area contributed by atoms with Crippen LogP contribution in [0.25, 0.3) is 0 Å². The van der Waals surface area contributed by atoms with E-state index in [1.807, 2.05) is 19.1 Å². The number of anilines is 1. The molecule has 1 heterocycles. The first kappa shape index (κ1) is 24.3. The monoisotopic (exact) mass is 497 g/mol. The highest BCUT2D eigenvalue weighted by Crippen LogP contribution is 2.20. The normalized spacial score (nSPS) is 15.1. The molecule has 0 spiro atoms. The number of hydrogen-bond acceptors (Lipinski definition) is 4. The Kier molecular flexibility index (Phi) is 7.56. The lowest BCUT2D eigenvalue weighted by Crippen LogP contribution is -2.44. The first-order valence-corrected chi connectivity index (χ1v) is 13.1. The van der Waals surface area contributed by atoms with Gasteiger partial charge in [0.2, 0.25) is 0 Å². The fraction of sp³-hybridized carbons (Fsp3) is 0.269. The molecule has 0 unspecified atom stereocenters. The predicted octanol–water partition coefficient (Wildman–Crippen LogP) is 4.84. The largest absolute Gasteiger partial charge is 0.349 e. The number of hydrogen-bond donors (Lipinski definition) is 2. The number of amides is 1. The van der Waals surface area contributed by atoms with Gasteiger partial charge in [0.25, 0.3) is 15.9 Å². The Morgan fingerprint density at radius 1 is 1.00 bits per heavy atom. The molecule has 0 aromatic heterocycles. The van der Waals surface area contributed by atoms with E-state index in [4.69, 9.17) is 11.6 Å². The summed E-state index contributed by atoms with van der Waals surface area (Å²) in [4.78, 5) is 15.0. The van der Waals surface area contributed by atoms with Crippen molar-refractivity contribution in [2.24, 2.45) is 0 Å². The van der Waals surface area contributed by atoms with Crippen LogP contribution in [0, 0.1) is 6.92 Å². The second kappa shape index (κ2) is 10.6. The van der Waals surface area contributed by atoms with Crippen molar-refractivity contribution in [3.8, 4) is 0 Å². The SMILES string of the molecule is Cc1ccc(S(=O)(=O)Nc2ccc(CN3CCC(NC(=O)c4cccc(Cl)c4)CC3)cc2)cc1. The lowest BCUT2D eigenvalue weighted by atomic mass is 10.0. The summed E-state index contributed by atoms with van der Waals surface area (Å²) in [5, 5.41) is 3.66. The van der Waals surface area contributed by atoms with Crippen molar-refractivity contribution in [3.63, 3.8) is 0 Å². The van der Waals surface area contributed by atoms with Crippen molar-refractivity contribution < 1.29 is 13.2 Å². The summed E-state index contributed by atoms with van der Waals surface area (Å²) in [5.74, 6) is -0.0929. The van der Waals surface area contributed by atoms with Crippen molar-refractivity contribution >= 4 is 33.2 Å². The van der Waals surface area contributed by atoms with Gasteiger partial charge in [-0.1, -0.05) is 47.5 Å². The Labute approximate surface area is 206 Å². The van der Waals surface area contributed by atoms with Gasteiger partial charge in [-0.3, -0.25) is 14.4 Å². The van der Waals surface area contributed by atoms with Gasteiger partial charge in [0, 0.05) is 41.9 Å². The Balaban J connectivity index is 1.26. The van der Waals surface area contributed by atoms with Crippen LogP contribution in [-0.4, -0.2) is 38.4 Å². The van der Waals surface area contributed by atoms with Crippen molar-refractivity contribution in [1.29, 1.82) is 0 Å². The van der Waals surface area contributed by atoms with E-state index in [2.05, 4.69) is 14.9 Å². The van der Waals surface area contributed by atoms with Crippen molar-refractivity contribution in [3.05, 3.63) is 94.5 Å². The highest BCUT2D eigenvalue weighted by molar-refractivity contribution is 7.92. The number of sulfonamides is 1. The number of nitrogens with zero attached hydrogens (tertiary/aromatic N) is 1. The Morgan fingerprint density at radius 2 is 1.68 bits per heavy atom. The van der Waals surface area contributed by atoms with Gasteiger partial charge in [-0.05, 0) is 67.8 Å². The average molecular weight is 498 g/mol. The quantitative estimate of drug-likeness (QED) is 0.489. The second-order valence-electron chi connectivity index (χ2n) is 8.65. The molecule has 0 radical (unpaired) electrons. The molecule has 34 heavy (non-hydrogen) atoms. The molecule has 2 N–H and O–H groups in total. The standard InChI is InChI=1S/C26H28ClN3O3S/c1-19-5-11-25(12-6-19)34(32,33)29-24-9-7-20(8-10-24)18-30-15-13-23(14-16-30)28-26(31)21-3-2-4-22(27)17-21/h2-12,17,23,29H,13-16,18H2,1H3,(H,28,31). The maximum absolute atomic E-state index is 12.6. The zero-order chi connectivity index (χ0) is 24.1. The molecule has 6 nitrogen and oxygen atoms in total. The fourth-order valence-electron chi connectivity index (χ4n) is 4.00. The summed E-state index contributed by atoms with van der Waals surface area (Å²) in [7, 11) is -3.61. The molecule has 1 amide bonds. The molecule has 0 bridgehead atoms. The van der Waals surface area contributed by atoms with Crippen LogP contribution in [0.15, 0.2) is 77.7 Å². The molecule has 0 aliphatic carbocycles. The minimum absolute atomic E-state index is 0.0929. The zero-order valence-corrected chi connectivity index (χ0v) is 20.6. The molecule has 1 fully saturated rings. The summed E-state index contributed by atoms with van der Waals surface area (Å²) < 4.78 is 27.8. The maximum atomic E-state index is 12.6. The first-order valence-electron chi connectivity index (χ1n) is 11.3. The number of carbonyl (C=O) groups is 1. The van der Waals surface area contributed by atoms with E-state index in [9.17, 15) is 13.2 Å². The molecule has 8 heteroatoms. The number of carbonyl (C=O) groups excluding carboxylic acids is 1. The molecule has 3 aromatic carbocycles. The van der Waals surface area contributed by atoms with Gasteiger partial charge in [0.05, 0.1) is 4.90 Å². The number of likely N-dealkylation sites (tertiary alicyclic amines) is 1. The Hall–Kier alpha value is -2.87. The van der Waals surface area contributed by atoms with Gasteiger partial charge in [-0.15, -0.1) is 0 Å². The molecule has 1 aliphatic heterocycles. The molecule has 0 saturated carbocycles. The molecule has 178 valence electrons. The molecule has 3 aromatic rings. The third-order valence-electron chi connectivity index (χ3n) is 5.95. The highest BCUT2D eigenvalue weighted by Gasteiger charge is 2.21. The van der Waals surface area contributed by atoms with Crippen molar-refractivity contribution in [2.75, 3.05) is 17.8 Å². The van der Waals surface area contributed by atoms with E-state index in [0.717, 1.165) is 43.6 Å². The summed E-state index contributed by atoms with van der Waals surface area (Å²) in [6.07, 6.45) is 1.75. The molecule has 1 aliphatic rings. The smallest absolute Gasteiger partial charge is 0.261 e. The van der Waals surface area contributed by atoms with E-state index in [1.165, 1.54) is 0 Å². The van der Waals surface area contributed by atoms with Gasteiger partial charge in [0.15, 0.2) is 0 Å². The van der Waals surface area contributed by atoms with Gasteiger partial charge < -0.3 is 5.32 Å². The van der Waals surface area contributed by atoms with E-state index < -0.39 is 10.0 Å². The van der Waals surface area contributed by atoms with E-state index in [-0.39, 0.29) is 16.8 Å². The van der Waals surface area contributed by atoms with Crippen LogP contribution < -0.4 is 10.0 Å². The summed E-state index contributed by atoms with van der Waals surface area (Å²) in [6, 6.07) is 21.4. The van der Waals surface area contributed by atoms with Crippen LogP contribution in [0.5, 0.6) is 0 Å². The summed E-state index contributed by atoms with van der Waals surface area (Å²) in [5.41, 5.74) is 3.23. The number of nitrogens with one attached hydrogen (secondary N) is 2. The fourth-order valence-corrected chi connectivity index (χ4v) is 5.25. The minimum Gasteiger partial charge on any atom is -0.349 e. The maximum Gasteiger partial charge on any atom is 0.261 e. The van der Waals surface area contributed by atoms with Gasteiger partial charge >= 0.3 is 0 Å². The molecule has 4 rings (SSSR count). The highest BCUT2D eigenvalue weighted by atomic mass is 35.5.